The third-order valence-electron chi connectivity index (χ3n) is 4.07. The van der Waals surface area contributed by atoms with Gasteiger partial charge in [0.25, 0.3) is 0 Å². The molecule has 21 heavy (non-hydrogen) atoms. The van der Waals surface area contributed by atoms with Crippen LogP contribution in [-0.4, -0.2) is 44.3 Å². The Bertz CT molecular complexity index is 427. The molecule has 0 aliphatic carbocycles. The molecule has 0 bridgehead atoms. The van der Waals surface area contributed by atoms with Gasteiger partial charge < -0.3 is 15.0 Å². The van der Waals surface area contributed by atoms with E-state index in [0.29, 0.717) is 12.0 Å². The fourth-order valence-electron chi connectivity index (χ4n) is 2.96. The quantitative estimate of drug-likeness (QED) is 0.812. The number of nitrogens with one attached hydrogen (secondary N) is 1. The van der Waals surface area contributed by atoms with Gasteiger partial charge in [0.05, 0.1) is 6.61 Å². The Kier molecular flexibility index (Phi) is 7.17. The second kappa shape index (κ2) is 8.89. The predicted molar refractivity (Wildman–Crippen MR) is 91.5 cm³/mol. The SMILES string of the molecule is CCCNC1CCOCC1CN(C)Cc1ccccc1Br. The van der Waals surface area contributed by atoms with Gasteiger partial charge in [-0.25, -0.2) is 0 Å². The minimum atomic E-state index is 0.581. The van der Waals surface area contributed by atoms with Crippen LogP contribution in [0.5, 0.6) is 0 Å². The molecule has 1 saturated heterocycles. The van der Waals surface area contributed by atoms with E-state index in [2.05, 4.69) is 64.4 Å². The molecule has 1 fully saturated rings. The van der Waals surface area contributed by atoms with E-state index in [0.717, 1.165) is 39.3 Å². The lowest BCUT2D eigenvalue weighted by molar-refractivity contribution is 0.0189. The molecule has 0 saturated carbocycles. The zero-order chi connectivity index (χ0) is 15.1. The van der Waals surface area contributed by atoms with Gasteiger partial charge >= 0.3 is 0 Å². The van der Waals surface area contributed by atoms with Crippen molar-refractivity contribution in [2.45, 2.75) is 32.4 Å². The minimum absolute atomic E-state index is 0.581. The molecule has 1 aliphatic heterocycles. The Morgan fingerprint density at radius 3 is 2.95 bits per heavy atom. The maximum Gasteiger partial charge on any atom is 0.0521 e. The van der Waals surface area contributed by atoms with Gasteiger partial charge in [-0.1, -0.05) is 41.1 Å². The summed E-state index contributed by atoms with van der Waals surface area (Å²) in [5.74, 6) is 0.581. The minimum Gasteiger partial charge on any atom is -0.381 e. The van der Waals surface area contributed by atoms with Crippen molar-refractivity contribution in [2.24, 2.45) is 5.92 Å². The van der Waals surface area contributed by atoms with Crippen molar-refractivity contribution in [3.05, 3.63) is 34.3 Å². The fourth-order valence-corrected chi connectivity index (χ4v) is 3.37. The Hall–Kier alpha value is -0.420. The molecule has 118 valence electrons. The summed E-state index contributed by atoms with van der Waals surface area (Å²) in [4.78, 5) is 2.40. The van der Waals surface area contributed by atoms with Gasteiger partial charge in [0, 0.05) is 36.1 Å². The third-order valence-corrected chi connectivity index (χ3v) is 4.85. The van der Waals surface area contributed by atoms with E-state index in [4.69, 9.17) is 4.74 Å². The van der Waals surface area contributed by atoms with E-state index >= 15 is 0 Å². The molecule has 2 unspecified atom stereocenters. The molecule has 4 heteroatoms. The molecule has 0 spiro atoms. The van der Waals surface area contributed by atoms with Crippen molar-refractivity contribution < 1.29 is 4.74 Å². The van der Waals surface area contributed by atoms with Crippen molar-refractivity contribution in [3.8, 4) is 0 Å². The molecule has 3 nitrogen and oxygen atoms in total. The van der Waals surface area contributed by atoms with Gasteiger partial charge in [-0.05, 0) is 38.1 Å². The van der Waals surface area contributed by atoms with Gasteiger partial charge in [-0.3, -0.25) is 0 Å². The molecule has 2 rings (SSSR count). The summed E-state index contributed by atoms with van der Waals surface area (Å²) in [6, 6.07) is 9.06. The topological polar surface area (TPSA) is 24.5 Å². The summed E-state index contributed by atoms with van der Waals surface area (Å²) < 4.78 is 6.88. The zero-order valence-electron chi connectivity index (χ0n) is 13.1. The van der Waals surface area contributed by atoms with Crippen LogP contribution in [0.1, 0.15) is 25.3 Å². The molecule has 1 N–H and O–H groups in total. The molecule has 0 amide bonds. The van der Waals surface area contributed by atoms with Crippen LogP contribution in [0.25, 0.3) is 0 Å². The Morgan fingerprint density at radius 2 is 2.19 bits per heavy atom. The number of hydrogen-bond acceptors (Lipinski definition) is 3. The molecule has 0 aromatic heterocycles. The molecular weight excluding hydrogens is 328 g/mol. The molecule has 0 radical (unpaired) electrons. The molecule has 1 aromatic carbocycles. The van der Waals surface area contributed by atoms with Crippen molar-refractivity contribution in [1.29, 1.82) is 0 Å². The lowest BCUT2D eigenvalue weighted by Crippen LogP contribution is -2.47. The van der Waals surface area contributed by atoms with E-state index in [1.165, 1.54) is 16.5 Å². The predicted octanol–water partition coefficient (Wildman–Crippen LogP) is 3.29. The highest BCUT2D eigenvalue weighted by atomic mass is 79.9. The zero-order valence-corrected chi connectivity index (χ0v) is 14.7. The van der Waals surface area contributed by atoms with Crippen molar-refractivity contribution in [3.63, 3.8) is 0 Å². The van der Waals surface area contributed by atoms with Crippen LogP contribution in [0.15, 0.2) is 28.7 Å². The standard InChI is InChI=1S/C17H27BrN2O/c1-3-9-19-17-8-10-21-13-15(17)12-20(2)11-14-6-4-5-7-16(14)18/h4-7,15,17,19H,3,8-13H2,1-2H3. The number of nitrogens with zero attached hydrogens (tertiary/aromatic N) is 1. The van der Waals surface area contributed by atoms with E-state index in [-0.39, 0.29) is 0 Å². The smallest absolute Gasteiger partial charge is 0.0521 e. The Balaban J connectivity index is 1.87. The fraction of sp³-hybridized carbons (Fsp3) is 0.647. The highest BCUT2D eigenvalue weighted by molar-refractivity contribution is 9.10. The van der Waals surface area contributed by atoms with E-state index < -0.39 is 0 Å². The summed E-state index contributed by atoms with van der Waals surface area (Å²) in [6.07, 6.45) is 2.32. The molecule has 1 aromatic rings. The second-order valence-corrected chi connectivity index (χ2v) is 6.83. The van der Waals surface area contributed by atoms with Gasteiger partial charge in [0.15, 0.2) is 0 Å². The van der Waals surface area contributed by atoms with Crippen molar-refractivity contribution >= 4 is 15.9 Å². The highest BCUT2D eigenvalue weighted by Gasteiger charge is 2.26. The number of hydrogen-bond donors (Lipinski definition) is 1. The summed E-state index contributed by atoms with van der Waals surface area (Å²) in [5, 5.41) is 3.69. The van der Waals surface area contributed by atoms with Gasteiger partial charge in [0.2, 0.25) is 0 Å². The van der Waals surface area contributed by atoms with Crippen LogP contribution in [0.4, 0.5) is 0 Å². The molecule has 1 heterocycles. The van der Waals surface area contributed by atoms with Gasteiger partial charge in [-0.2, -0.15) is 0 Å². The monoisotopic (exact) mass is 354 g/mol. The lowest BCUT2D eigenvalue weighted by atomic mass is 9.95. The average Bonchev–Trinajstić information content (AvgIpc) is 2.49. The maximum atomic E-state index is 5.69. The number of ether oxygens (including phenoxy) is 1. The molecule has 2 atom stereocenters. The number of halogens is 1. The maximum absolute atomic E-state index is 5.69. The van der Waals surface area contributed by atoms with E-state index in [9.17, 15) is 0 Å². The second-order valence-electron chi connectivity index (χ2n) is 5.97. The normalized spacial score (nSPS) is 22.7. The summed E-state index contributed by atoms with van der Waals surface area (Å²) in [5.41, 5.74) is 1.34. The summed E-state index contributed by atoms with van der Waals surface area (Å²) in [6.45, 7) is 7.14. The van der Waals surface area contributed by atoms with Crippen LogP contribution in [0.2, 0.25) is 0 Å². The van der Waals surface area contributed by atoms with Crippen LogP contribution in [-0.2, 0) is 11.3 Å². The first-order valence-corrected chi connectivity index (χ1v) is 8.73. The largest absolute Gasteiger partial charge is 0.381 e. The first-order chi connectivity index (χ1) is 10.2. The van der Waals surface area contributed by atoms with Crippen LogP contribution in [0, 0.1) is 5.92 Å². The van der Waals surface area contributed by atoms with Gasteiger partial charge in [0.1, 0.15) is 0 Å². The van der Waals surface area contributed by atoms with E-state index in [1.54, 1.807) is 0 Å². The number of rotatable bonds is 7. The third kappa shape index (κ3) is 5.37. The van der Waals surface area contributed by atoms with Crippen LogP contribution < -0.4 is 5.32 Å². The molecule has 1 aliphatic rings. The Morgan fingerprint density at radius 1 is 1.38 bits per heavy atom. The summed E-state index contributed by atoms with van der Waals surface area (Å²) in [7, 11) is 2.20. The summed E-state index contributed by atoms with van der Waals surface area (Å²) >= 11 is 3.63. The van der Waals surface area contributed by atoms with Crippen molar-refractivity contribution in [2.75, 3.05) is 33.4 Å². The van der Waals surface area contributed by atoms with Crippen LogP contribution in [0.3, 0.4) is 0 Å². The number of benzene rings is 1. The van der Waals surface area contributed by atoms with Crippen LogP contribution >= 0.6 is 15.9 Å². The molecular formula is C17H27BrN2O. The lowest BCUT2D eigenvalue weighted by Gasteiger charge is -2.35. The Labute approximate surface area is 137 Å². The van der Waals surface area contributed by atoms with Gasteiger partial charge in [-0.15, -0.1) is 0 Å². The van der Waals surface area contributed by atoms with Crippen molar-refractivity contribution in [1.82, 2.24) is 10.2 Å². The first kappa shape index (κ1) is 16.9. The first-order valence-electron chi connectivity index (χ1n) is 7.93. The van der Waals surface area contributed by atoms with E-state index in [1.807, 2.05) is 0 Å². The average molecular weight is 355 g/mol. The highest BCUT2D eigenvalue weighted by Crippen LogP contribution is 2.20.